The topological polar surface area (TPSA) is 107 Å². The van der Waals surface area contributed by atoms with Crippen LogP contribution in [0, 0.1) is 27.7 Å². The van der Waals surface area contributed by atoms with E-state index in [1.54, 1.807) is 23.4 Å². The van der Waals surface area contributed by atoms with Crippen LogP contribution in [0.25, 0.3) is 32.9 Å². The molecule has 3 aromatic carbocycles. The third-order valence-corrected chi connectivity index (χ3v) is 11.9. The SMILES string of the molecule is Cc1cc(OCCCc2c3n(c4c(-c5c(C)nn(C)c5C)c(Cl)ccc24)CCCN(c2cc(C(=O)O)c4ccn(Cc5cccnc5)c4c2)C3=O)cc(C)c1Cl. The molecular weight excluding hydrogens is 747 g/mol. The van der Waals surface area contributed by atoms with Crippen LogP contribution in [0.5, 0.6) is 5.75 Å². The van der Waals surface area contributed by atoms with Gasteiger partial charge in [0, 0.05) is 83.6 Å². The number of benzene rings is 3. The highest BCUT2D eigenvalue weighted by Gasteiger charge is 2.33. The van der Waals surface area contributed by atoms with E-state index in [0.717, 1.165) is 72.0 Å². The number of carbonyl (C=O) groups is 2. The number of carbonyl (C=O) groups excluding carboxylic acids is 1. The van der Waals surface area contributed by atoms with Crippen LogP contribution in [0.2, 0.25) is 10.0 Å². The number of hydrogen-bond donors (Lipinski definition) is 1. The second-order valence-electron chi connectivity index (χ2n) is 14.6. The molecule has 1 aliphatic heterocycles. The van der Waals surface area contributed by atoms with Gasteiger partial charge in [-0.1, -0.05) is 35.3 Å². The van der Waals surface area contributed by atoms with Crippen molar-refractivity contribution < 1.29 is 19.4 Å². The molecular formula is C44H42Cl2N6O4. The zero-order valence-corrected chi connectivity index (χ0v) is 33.5. The first-order chi connectivity index (χ1) is 26.9. The normalized spacial score (nSPS) is 13.1. The van der Waals surface area contributed by atoms with Gasteiger partial charge in [-0.2, -0.15) is 5.10 Å². The summed E-state index contributed by atoms with van der Waals surface area (Å²) in [5.41, 5.74) is 10.3. The van der Waals surface area contributed by atoms with Gasteiger partial charge in [0.15, 0.2) is 0 Å². The van der Waals surface area contributed by atoms with Crippen molar-refractivity contribution in [2.24, 2.45) is 7.05 Å². The Morgan fingerprint density at radius 1 is 0.964 bits per heavy atom. The molecule has 0 atom stereocenters. The summed E-state index contributed by atoms with van der Waals surface area (Å²) >= 11 is 13.5. The number of aryl methyl sites for hydroxylation is 6. The fraction of sp³-hybridized carbons (Fsp3) is 0.273. The summed E-state index contributed by atoms with van der Waals surface area (Å²) in [6, 6.07) is 17.1. The first-order valence-electron chi connectivity index (χ1n) is 18.7. The lowest BCUT2D eigenvalue weighted by atomic mass is 9.98. The van der Waals surface area contributed by atoms with Crippen molar-refractivity contribution in [3.63, 3.8) is 0 Å². The van der Waals surface area contributed by atoms with Crippen LogP contribution < -0.4 is 9.64 Å². The maximum atomic E-state index is 15.2. The highest BCUT2D eigenvalue weighted by molar-refractivity contribution is 6.35. The van der Waals surface area contributed by atoms with E-state index in [1.807, 2.05) is 98.7 Å². The molecule has 0 saturated carbocycles. The Morgan fingerprint density at radius 2 is 1.75 bits per heavy atom. The van der Waals surface area contributed by atoms with E-state index in [4.69, 9.17) is 33.0 Å². The molecule has 4 aromatic heterocycles. The number of anilines is 1. The molecule has 0 saturated heterocycles. The van der Waals surface area contributed by atoms with Crippen molar-refractivity contribution in [2.75, 3.05) is 18.1 Å². The van der Waals surface area contributed by atoms with Gasteiger partial charge in [0.25, 0.3) is 5.91 Å². The summed E-state index contributed by atoms with van der Waals surface area (Å²) in [5.74, 6) is -0.497. The van der Waals surface area contributed by atoms with E-state index in [-0.39, 0.29) is 11.5 Å². The van der Waals surface area contributed by atoms with Gasteiger partial charge in [0.05, 0.1) is 33.9 Å². The number of ether oxygens (including phenoxy) is 1. The summed E-state index contributed by atoms with van der Waals surface area (Å²) in [6.07, 6.45) is 7.24. The number of amides is 1. The average Bonchev–Trinajstić information content (AvgIpc) is 3.75. The van der Waals surface area contributed by atoms with Crippen LogP contribution in [-0.4, -0.2) is 54.0 Å². The smallest absolute Gasteiger partial charge is 0.336 e. The number of hydrogen-bond acceptors (Lipinski definition) is 5. The van der Waals surface area contributed by atoms with E-state index < -0.39 is 5.97 Å². The molecule has 0 radical (unpaired) electrons. The number of rotatable bonds is 10. The molecule has 10 nitrogen and oxygen atoms in total. The van der Waals surface area contributed by atoms with Crippen LogP contribution in [0.1, 0.15) is 67.3 Å². The van der Waals surface area contributed by atoms with Crippen molar-refractivity contribution in [2.45, 2.75) is 60.0 Å². The zero-order chi connectivity index (χ0) is 39.4. The van der Waals surface area contributed by atoms with Gasteiger partial charge in [-0.25, -0.2) is 4.79 Å². The number of fused-ring (bicyclic) bond motifs is 4. The van der Waals surface area contributed by atoms with Gasteiger partial charge in [-0.3, -0.25) is 14.5 Å². The molecule has 5 heterocycles. The molecule has 286 valence electrons. The van der Waals surface area contributed by atoms with Gasteiger partial charge in [-0.05, 0) is 112 Å². The molecule has 0 aliphatic carbocycles. The molecule has 56 heavy (non-hydrogen) atoms. The largest absolute Gasteiger partial charge is 0.494 e. The Balaban J connectivity index is 1.25. The van der Waals surface area contributed by atoms with E-state index >= 15 is 4.79 Å². The van der Waals surface area contributed by atoms with Crippen LogP contribution in [0.15, 0.2) is 73.2 Å². The summed E-state index contributed by atoms with van der Waals surface area (Å²) in [6.45, 7) is 9.83. The van der Waals surface area contributed by atoms with Crippen molar-refractivity contribution in [1.82, 2.24) is 23.9 Å². The molecule has 1 amide bonds. The highest BCUT2D eigenvalue weighted by atomic mass is 35.5. The third kappa shape index (κ3) is 6.50. The summed E-state index contributed by atoms with van der Waals surface area (Å²) in [4.78, 5) is 34.0. The second kappa shape index (κ2) is 14.8. The van der Waals surface area contributed by atoms with Crippen LogP contribution >= 0.6 is 23.2 Å². The monoisotopic (exact) mass is 788 g/mol. The number of halogens is 2. The molecule has 0 spiro atoms. The Morgan fingerprint density at radius 3 is 2.45 bits per heavy atom. The molecule has 0 unspecified atom stereocenters. The minimum Gasteiger partial charge on any atom is -0.494 e. The minimum absolute atomic E-state index is 0.140. The van der Waals surface area contributed by atoms with Crippen molar-refractivity contribution >= 4 is 62.6 Å². The average molecular weight is 790 g/mol. The van der Waals surface area contributed by atoms with Gasteiger partial charge in [0.1, 0.15) is 11.4 Å². The van der Waals surface area contributed by atoms with E-state index in [9.17, 15) is 9.90 Å². The number of carboxylic acid groups (broad SMARTS) is 1. The van der Waals surface area contributed by atoms with E-state index in [2.05, 4.69) is 9.55 Å². The lowest BCUT2D eigenvalue weighted by Gasteiger charge is -2.22. The number of carboxylic acids is 1. The molecule has 7 aromatic rings. The van der Waals surface area contributed by atoms with Gasteiger partial charge in [-0.15, -0.1) is 0 Å². The standard InChI is InChI=1S/C44H42Cl2N6O4/c1-25-19-31(20-26(2)40(25)46)56-18-7-10-33-34-11-12-36(45)39(38-27(3)48-49(5)28(38)4)41(34)52-16-8-15-51(43(53)42(33)52)30-21-35(44(54)55)32-13-17-50(37(32)22-30)24-29-9-6-14-47-23-29/h6,9,11-14,17,19-23H,7-8,10,15-16,18,24H2,1-5H3,(H,54,55). The van der Waals surface area contributed by atoms with Crippen molar-refractivity contribution in [3.05, 3.63) is 128 Å². The molecule has 12 heteroatoms. The molecule has 0 bridgehead atoms. The maximum Gasteiger partial charge on any atom is 0.336 e. The van der Waals surface area contributed by atoms with Crippen LogP contribution in [0.4, 0.5) is 5.69 Å². The predicted octanol–water partition coefficient (Wildman–Crippen LogP) is 9.74. The Kier molecular flexibility index (Phi) is 9.88. The molecule has 0 fully saturated rings. The number of aromatic nitrogens is 5. The van der Waals surface area contributed by atoms with Gasteiger partial charge < -0.3 is 23.9 Å². The van der Waals surface area contributed by atoms with Crippen molar-refractivity contribution in [1.29, 1.82) is 0 Å². The fourth-order valence-corrected chi connectivity index (χ4v) is 8.67. The second-order valence-corrected chi connectivity index (χ2v) is 15.4. The van der Waals surface area contributed by atoms with Crippen LogP contribution in [0.3, 0.4) is 0 Å². The maximum absolute atomic E-state index is 15.2. The Labute approximate surface area is 334 Å². The van der Waals surface area contributed by atoms with Crippen molar-refractivity contribution in [3.8, 4) is 16.9 Å². The van der Waals surface area contributed by atoms with Gasteiger partial charge in [0.2, 0.25) is 0 Å². The minimum atomic E-state index is -1.05. The quantitative estimate of drug-likeness (QED) is 0.138. The summed E-state index contributed by atoms with van der Waals surface area (Å²) in [7, 11) is 1.92. The Bertz CT molecular complexity index is 2670. The molecule has 1 N–H and O–H groups in total. The zero-order valence-electron chi connectivity index (χ0n) is 32.0. The lowest BCUT2D eigenvalue weighted by Crippen LogP contribution is -2.32. The lowest BCUT2D eigenvalue weighted by molar-refractivity contribution is 0.0698. The third-order valence-electron chi connectivity index (χ3n) is 11.0. The molecule has 8 rings (SSSR count). The number of nitrogens with zero attached hydrogens (tertiary/aromatic N) is 6. The first kappa shape index (κ1) is 37.3. The summed E-state index contributed by atoms with van der Waals surface area (Å²) < 4.78 is 12.2. The fourth-order valence-electron chi connectivity index (χ4n) is 8.32. The Hall–Kier alpha value is -5.58. The number of aromatic carboxylic acids is 1. The number of pyridine rings is 1. The summed E-state index contributed by atoms with van der Waals surface area (Å²) in [5, 5.41) is 18.0. The van der Waals surface area contributed by atoms with Crippen LogP contribution in [-0.2, 0) is 26.6 Å². The molecule has 1 aliphatic rings. The van der Waals surface area contributed by atoms with E-state index in [1.165, 1.54) is 0 Å². The highest BCUT2D eigenvalue weighted by Crippen LogP contribution is 2.43. The van der Waals surface area contributed by atoms with Gasteiger partial charge >= 0.3 is 5.97 Å². The van der Waals surface area contributed by atoms with E-state index in [0.29, 0.717) is 67.3 Å². The predicted molar refractivity (Wildman–Crippen MR) is 222 cm³/mol. The first-order valence-corrected chi connectivity index (χ1v) is 19.5.